The van der Waals surface area contributed by atoms with Crippen LogP contribution in [0.1, 0.15) is 26.2 Å². The molecule has 0 unspecified atom stereocenters. The number of nitrogens with zero attached hydrogens (tertiary/aromatic N) is 1. The molecule has 86 valence electrons. The standard InChI is InChI=1S/C5H14N2.C4H9NO2/c1-2-3-4-5-7-6;1-5(2)3-4(6)7/h7H,2-6H2,1H3;3H2,1-2H3,(H,6,7). The zero-order valence-corrected chi connectivity index (χ0v) is 9.42. The number of aliphatic carboxylic acids is 1. The monoisotopic (exact) mass is 205 g/mol. The van der Waals surface area contributed by atoms with Crippen molar-refractivity contribution in [2.75, 3.05) is 27.2 Å². The van der Waals surface area contributed by atoms with E-state index in [9.17, 15) is 4.79 Å². The quantitative estimate of drug-likeness (QED) is 0.329. The van der Waals surface area contributed by atoms with Crippen molar-refractivity contribution >= 4 is 5.97 Å². The number of likely N-dealkylation sites (N-methyl/N-ethyl adjacent to an activating group) is 1. The lowest BCUT2D eigenvalue weighted by Crippen LogP contribution is -2.22. The summed E-state index contributed by atoms with van der Waals surface area (Å²) in [7, 11) is 3.43. The maximum atomic E-state index is 9.77. The van der Waals surface area contributed by atoms with E-state index in [4.69, 9.17) is 10.9 Å². The molecule has 0 spiro atoms. The molecule has 0 radical (unpaired) electrons. The predicted molar refractivity (Wildman–Crippen MR) is 57.9 cm³/mol. The zero-order chi connectivity index (χ0) is 11.4. The number of hydrogen-bond acceptors (Lipinski definition) is 4. The molecule has 0 amide bonds. The fourth-order valence-electron chi connectivity index (χ4n) is 0.748. The maximum Gasteiger partial charge on any atom is 0.317 e. The second-order valence-electron chi connectivity index (χ2n) is 3.29. The van der Waals surface area contributed by atoms with E-state index in [0.29, 0.717) is 0 Å². The molecule has 5 heteroatoms. The Morgan fingerprint density at radius 3 is 2.21 bits per heavy atom. The van der Waals surface area contributed by atoms with Crippen LogP contribution in [0.4, 0.5) is 0 Å². The molecule has 0 bridgehead atoms. The van der Waals surface area contributed by atoms with Crippen LogP contribution < -0.4 is 11.3 Å². The van der Waals surface area contributed by atoms with E-state index in [0.717, 1.165) is 6.54 Å². The third-order valence-corrected chi connectivity index (χ3v) is 1.38. The van der Waals surface area contributed by atoms with E-state index in [1.165, 1.54) is 19.3 Å². The van der Waals surface area contributed by atoms with Crippen molar-refractivity contribution in [3.05, 3.63) is 0 Å². The van der Waals surface area contributed by atoms with E-state index in [1.54, 1.807) is 19.0 Å². The minimum atomic E-state index is -0.787. The topological polar surface area (TPSA) is 78.6 Å². The first kappa shape index (κ1) is 15.8. The minimum absolute atomic E-state index is 0.111. The summed E-state index contributed by atoms with van der Waals surface area (Å²) in [6.07, 6.45) is 3.75. The molecule has 0 aromatic rings. The Kier molecular flexibility index (Phi) is 13.9. The van der Waals surface area contributed by atoms with Crippen LogP contribution >= 0.6 is 0 Å². The summed E-state index contributed by atoms with van der Waals surface area (Å²) in [6.45, 7) is 3.24. The van der Waals surface area contributed by atoms with Gasteiger partial charge in [-0.3, -0.25) is 21.0 Å². The summed E-state index contributed by atoms with van der Waals surface area (Å²) < 4.78 is 0. The highest BCUT2D eigenvalue weighted by atomic mass is 16.4. The molecule has 0 aromatic carbocycles. The third kappa shape index (κ3) is 22.5. The average Bonchev–Trinajstić information content (AvgIpc) is 2.04. The number of carboxylic acids is 1. The van der Waals surface area contributed by atoms with E-state index in [2.05, 4.69) is 12.3 Å². The first-order valence-corrected chi connectivity index (χ1v) is 4.84. The number of carbonyl (C=O) groups is 1. The Morgan fingerprint density at radius 1 is 1.43 bits per heavy atom. The number of unbranched alkanes of at least 4 members (excludes halogenated alkanes) is 2. The lowest BCUT2D eigenvalue weighted by atomic mass is 10.3. The summed E-state index contributed by atoms with van der Waals surface area (Å²) in [5.74, 6) is 4.23. The van der Waals surface area contributed by atoms with E-state index in [-0.39, 0.29) is 6.54 Å². The Balaban J connectivity index is 0. The molecule has 0 atom stereocenters. The van der Waals surface area contributed by atoms with Gasteiger partial charge in [0.1, 0.15) is 0 Å². The van der Waals surface area contributed by atoms with Crippen LogP contribution in [0.15, 0.2) is 0 Å². The van der Waals surface area contributed by atoms with Gasteiger partial charge in [0.15, 0.2) is 0 Å². The molecule has 0 saturated carbocycles. The molecule has 14 heavy (non-hydrogen) atoms. The smallest absolute Gasteiger partial charge is 0.317 e. The SMILES string of the molecule is CCCCCNN.CN(C)CC(=O)O. The highest BCUT2D eigenvalue weighted by Gasteiger charge is 1.94. The van der Waals surface area contributed by atoms with Crippen molar-refractivity contribution < 1.29 is 9.90 Å². The first-order valence-electron chi connectivity index (χ1n) is 4.84. The molecule has 0 aliphatic carbocycles. The fraction of sp³-hybridized carbons (Fsp3) is 0.889. The van der Waals surface area contributed by atoms with Gasteiger partial charge in [0.05, 0.1) is 6.54 Å². The molecule has 0 aromatic heterocycles. The second kappa shape index (κ2) is 12.3. The van der Waals surface area contributed by atoms with Gasteiger partial charge in [-0.1, -0.05) is 19.8 Å². The first-order chi connectivity index (χ1) is 6.54. The normalized spacial score (nSPS) is 9.50. The Hall–Kier alpha value is -0.650. The van der Waals surface area contributed by atoms with Gasteiger partial charge in [0, 0.05) is 6.54 Å². The van der Waals surface area contributed by atoms with Gasteiger partial charge in [0.2, 0.25) is 0 Å². The molecule has 4 N–H and O–H groups in total. The molecule has 0 rings (SSSR count). The van der Waals surface area contributed by atoms with Crippen LogP contribution in [0.25, 0.3) is 0 Å². The van der Waals surface area contributed by atoms with Crippen LogP contribution in [-0.4, -0.2) is 43.2 Å². The number of rotatable bonds is 6. The molecule has 0 saturated heterocycles. The van der Waals surface area contributed by atoms with Crippen LogP contribution in [0.3, 0.4) is 0 Å². The molecule has 0 fully saturated rings. The summed E-state index contributed by atoms with van der Waals surface area (Å²) >= 11 is 0. The van der Waals surface area contributed by atoms with Gasteiger partial charge in [0.25, 0.3) is 0 Å². The van der Waals surface area contributed by atoms with Gasteiger partial charge < -0.3 is 5.11 Å². The third-order valence-electron chi connectivity index (χ3n) is 1.38. The van der Waals surface area contributed by atoms with Gasteiger partial charge >= 0.3 is 5.97 Å². The van der Waals surface area contributed by atoms with Gasteiger partial charge in [-0.05, 0) is 20.5 Å². The number of nitrogens with one attached hydrogen (secondary N) is 1. The summed E-state index contributed by atoms with van der Waals surface area (Å²) in [5, 5.41) is 8.04. The van der Waals surface area contributed by atoms with Crippen LogP contribution in [0.5, 0.6) is 0 Å². The molecule has 0 aliphatic rings. The summed E-state index contributed by atoms with van der Waals surface area (Å²) in [4.78, 5) is 11.4. The van der Waals surface area contributed by atoms with Crippen LogP contribution in [-0.2, 0) is 4.79 Å². The van der Waals surface area contributed by atoms with Gasteiger partial charge in [-0.25, -0.2) is 0 Å². The lowest BCUT2D eigenvalue weighted by Gasteiger charge is -2.01. The van der Waals surface area contributed by atoms with Crippen molar-refractivity contribution in [3.63, 3.8) is 0 Å². The Labute approximate surface area is 86.2 Å². The van der Waals surface area contributed by atoms with E-state index in [1.807, 2.05) is 0 Å². The van der Waals surface area contributed by atoms with E-state index < -0.39 is 5.97 Å². The fourth-order valence-corrected chi connectivity index (χ4v) is 0.748. The van der Waals surface area contributed by atoms with Crippen LogP contribution in [0, 0.1) is 0 Å². The van der Waals surface area contributed by atoms with Crippen molar-refractivity contribution in [2.45, 2.75) is 26.2 Å². The lowest BCUT2D eigenvalue weighted by molar-refractivity contribution is -0.137. The number of hydrogen-bond donors (Lipinski definition) is 3. The van der Waals surface area contributed by atoms with Gasteiger partial charge in [-0.2, -0.15) is 0 Å². The average molecular weight is 205 g/mol. The molecule has 0 aliphatic heterocycles. The maximum absolute atomic E-state index is 9.77. The predicted octanol–water partition coefficient (Wildman–Crippen LogP) is 0.273. The van der Waals surface area contributed by atoms with Crippen molar-refractivity contribution in [2.24, 2.45) is 5.84 Å². The number of carboxylic acid groups (broad SMARTS) is 1. The highest BCUT2D eigenvalue weighted by Crippen LogP contribution is 1.89. The Bertz CT molecular complexity index is 125. The highest BCUT2D eigenvalue weighted by molar-refractivity contribution is 5.68. The number of hydrazine groups is 1. The minimum Gasteiger partial charge on any atom is -0.480 e. The van der Waals surface area contributed by atoms with Crippen molar-refractivity contribution in [3.8, 4) is 0 Å². The van der Waals surface area contributed by atoms with E-state index >= 15 is 0 Å². The zero-order valence-electron chi connectivity index (χ0n) is 9.42. The van der Waals surface area contributed by atoms with Gasteiger partial charge in [-0.15, -0.1) is 0 Å². The van der Waals surface area contributed by atoms with Crippen molar-refractivity contribution in [1.82, 2.24) is 10.3 Å². The Morgan fingerprint density at radius 2 is 2.00 bits per heavy atom. The molecular weight excluding hydrogens is 182 g/mol. The van der Waals surface area contributed by atoms with Crippen LogP contribution in [0.2, 0.25) is 0 Å². The number of nitrogens with two attached hydrogens (primary N) is 1. The summed E-state index contributed by atoms with van der Waals surface area (Å²) in [6, 6.07) is 0. The molecule has 5 nitrogen and oxygen atoms in total. The second-order valence-corrected chi connectivity index (χ2v) is 3.29. The molecular formula is C9H23N3O2. The molecule has 0 heterocycles. The largest absolute Gasteiger partial charge is 0.480 e. The van der Waals surface area contributed by atoms with Crippen molar-refractivity contribution in [1.29, 1.82) is 0 Å². The summed E-state index contributed by atoms with van der Waals surface area (Å²) in [5.41, 5.74) is 2.60.